The number of rotatable bonds is 11. The molecule has 0 heterocycles. The molecule has 0 aliphatic carbocycles. The van der Waals surface area contributed by atoms with E-state index < -0.39 is 127 Å². The summed E-state index contributed by atoms with van der Waals surface area (Å²) < 4.78 is 217. The van der Waals surface area contributed by atoms with Crippen LogP contribution in [-0.4, -0.2) is 20.0 Å². The third-order valence-corrected chi connectivity index (χ3v) is 11.5. The second-order valence-corrected chi connectivity index (χ2v) is 13.0. The first kappa shape index (κ1) is 38.9. The number of halogens is 15. The minimum absolute atomic E-state index is 0. The van der Waals surface area contributed by atoms with Gasteiger partial charge in [-0.15, -0.1) is 13.3 Å². The van der Waals surface area contributed by atoms with Gasteiger partial charge in [0, 0.05) is 0 Å². The van der Waals surface area contributed by atoms with Crippen LogP contribution < -0.4 is 64.7 Å². The summed E-state index contributed by atoms with van der Waals surface area (Å²) in [4.78, 5) is 0. The summed E-state index contributed by atoms with van der Waals surface area (Å²) in [6.07, 6.45) is 1.97. The summed E-state index contributed by atoms with van der Waals surface area (Å²) in [6.45, 7) is 0.623. The third kappa shape index (κ3) is 6.60. The van der Waals surface area contributed by atoms with Crippen LogP contribution in [0.1, 0.15) is 45.4 Å². The van der Waals surface area contributed by atoms with E-state index in [0.717, 1.165) is 6.42 Å². The molecule has 0 radical (unpaired) electrons. The summed E-state index contributed by atoms with van der Waals surface area (Å²) in [5.41, 5.74) is 0. The van der Waals surface area contributed by atoms with Crippen LogP contribution in [0, 0.1) is 87.3 Å². The van der Waals surface area contributed by atoms with Crippen molar-refractivity contribution in [3.63, 3.8) is 0 Å². The first-order valence-corrected chi connectivity index (χ1v) is 14.6. The molecule has 3 aromatic carbocycles. The number of hydrogen-bond acceptors (Lipinski definition) is 1. The van der Waals surface area contributed by atoms with Gasteiger partial charge in [0.1, 0.15) is 34.9 Å². The molecule has 1 nitrogen and oxygen atoms in total. The fraction of sp³-hybridized carbons (Fsp3) is 0.308. The Kier molecular flexibility index (Phi) is 13.8. The van der Waals surface area contributed by atoms with Gasteiger partial charge < -0.3 is 3.79 Å². The molecule has 0 aliphatic heterocycles. The smallest absolute Gasteiger partial charge is 0.648 e. The van der Waals surface area contributed by atoms with Crippen molar-refractivity contribution in [1.82, 2.24) is 0 Å². The molecule has 0 fully saturated rings. The molecule has 0 saturated heterocycles. The predicted octanol–water partition coefficient (Wildman–Crippen LogP) is 4.12. The summed E-state index contributed by atoms with van der Waals surface area (Å²) in [6, 6.07) is 0. The molecule has 0 aromatic heterocycles. The normalized spacial score (nSPS) is 11.7. The standard InChI is InChI=1S/C8H17O.3C6F5.Al.K/c1-2-3-4-5-6-7-8-9;3*7-2-1-3(8)5(10)6(11)4(2)9;;/h2-8H2,1H3;;;;;/q-1;;;;;+1. The molecule has 0 N–H and O–H groups in total. The molecule has 0 unspecified atom stereocenters. The summed E-state index contributed by atoms with van der Waals surface area (Å²) in [5, 5.41) is 0. The molecule has 0 bridgehead atoms. The van der Waals surface area contributed by atoms with Crippen LogP contribution in [0.2, 0.25) is 0 Å². The van der Waals surface area contributed by atoms with E-state index in [1.165, 1.54) is 0 Å². The molecule has 236 valence electrons. The Hall–Kier alpha value is -1.26. The van der Waals surface area contributed by atoms with E-state index in [0.29, 0.717) is 19.3 Å². The maximum absolute atomic E-state index is 15.3. The fourth-order valence-corrected chi connectivity index (χ4v) is 9.55. The van der Waals surface area contributed by atoms with Crippen LogP contribution in [0.15, 0.2) is 0 Å². The minimum atomic E-state index is -7.68. The summed E-state index contributed by atoms with van der Waals surface area (Å²) in [5.74, 6) is -45.4. The van der Waals surface area contributed by atoms with Gasteiger partial charge in [0.2, 0.25) is 0 Å². The largest absolute Gasteiger partial charge is 1.00 e. The Labute approximate surface area is 284 Å². The topological polar surface area (TPSA) is 9.23 Å². The quantitative estimate of drug-likeness (QED) is 0.0965. The van der Waals surface area contributed by atoms with Gasteiger partial charge in [-0.25, -0.2) is 65.9 Å². The Morgan fingerprint density at radius 3 is 0.864 bits per heavy atom. The van der Waals surface area contributed by atoms with Crippen LogP contribution >= 0.6 is 0 Å². The Morgan fingerprint density at radius 2 is 0.591 bits per heavy atom. The molecule has 0 atom stereocenters. The zero-order valence-electron chi connectivity index (χ0n) is 22.6. The van der Waals surface area contributed by atoms with Crippen molar-refractivity contribution in [1.29, 1.82) is 0 Å². The first-order chi connectivity index (χ1) is 20.1. The zero-order valence-corrected chi connectivity index (χ0v) is 26.9. The molecule has 0 spiro atoms. The van der Waals surface area contributed by atoms with Crippen LogP contribution in [-0.2, 0) is 3.79 Å². The number of unbranched alkanes of at least 4 members (excludes halogenated alkanes) is 5. The van der Waals surface area contributed by atoms with Crippen molar-refractivity contribution < 1.29 is 121 Å². The molecular weight excluding hydrogens is 679 g/mol. The van der Waals surface area contributed by atoms with E-state index in [4.69, 9.17) is 3.79 Å². The van der Waals surface area contributed by atoms with Crippen molar-refractivity contribution >= 4 is 26.7 Å². The SMILES string of the molecule is CCCCCCCC[O][Al-]([c]1c(F)c(F)c(F)c(F)c1F)([c]1c(F)c(F)c(F)c(F)c1F)[c]1c(F)c(F)c(F)c(F)c1F.[K+]. The summed E-state index contributed by atoms with van der Waals surface area (Å²) >= 11 is -7.68. The molecule has 3 aromatic rings. The second-order valence-electron chi connectivity index (χ2n) is 9.38. The van der Waals surface area contributed by atoms with Gasteiger partial charge in [0.15, 0.2) is 52.4 Å². The van der Waals surface area contributed by atoms with Crippen LogP contribution in [0.5, 0.6) is 0 Å². The zero-order chi connectivity index (χ0) is 32.5. The van der Waals surface area contributed by atoms with Gasteiger partial charge in [0.25, 0.3) is 0 Å². The van der Waals surface area contributed by atoms with Crippen molar-refractivity contribution in [3.8, 4) is 0 Å². The molecule has 44 heavy (non-hydrogen) atoms. The number of hydrogen-bond donors (Lipinski definition) is 0. The van der Waals surface area contributed by atoms with E-state index in [1.54, 1.807) is 0 Å². The maximum atomic E-state index is 15.3. The van der Waals surface area contributed by atoms with Crippen LogP contribution in [0.4, 0.5) is 65.9 Å². The van der Waals surface area contributed by atoms with Crippen molar-refractivity contribution in [2.75, 3.05) is 6.61 Å². The minimum Gasteiger partial charge on any atom is -0.648 e. The van der Waals surface area contributed by atoms with Gasteiger partial charge in [0.05, 0.1) is 0 Å². The van der Waals surface area contributed by atoms with Gasteiger partial charge in [-0.05, 0) is 13.0 Å². The fourth-order valence-electron chi connectivity index (χ4n) is 4.76. The predicted molar refractivity (Wildman–Crippen MR) is 123 cm³/mol. The Balaban J connectivity index is 0.00000675. The third-order valence-electron chi connectivity index (χ3n) is 6.82. The average molecular weight is 696 g/mol. The number of benzene rings is 3. The molecule has 18 heteroatoms. The molecular formula is C26H17AlF15KO. The summed E-state index contributed by atoms with van der Waals surface area (Å²) in [7, 11) is 0. The van der Waals surface area contributed by atoms with E-state index >= 15 is 26.3 Å². The Bertz CT molecular complexity index is 1310. The van der Waals surface area contributed by atoms with Crippen molar-refractivity contribution in [2.45, 2.75) is 45.4 Å². The Morgan fingerprint density at radius 1 is 0.364 bits per heavy atom. The second kappa shape index (κ2) is 15.6. The van der Waals surface area contributed by atoms with Crippen LogP contribution in [0.3, 0.4) is 0 Å². The van der Waals surface area contributed by atoms with Crippen LogP contribution in [0.25, 0.3) is 0 Å². The van der Waals surface area contributed by atoms with E-state index in [-0.39, 0.29) is 57.8 Å². The van der Waals surface area contributed by atoms with Gasteiger partial charge in [-0.2, -0.15) is 0 Å². The van der Waals surface area contributed by atoms with Crippen molar-refractivity contribution in [3.05, 3.63) is 87.3 Å². The van der Waals surface area contributed by atoms with E-state index in [9.17, 15) is 39.5 Å². The van der Waals surface area contributed by atoms with Gasteiger partial charge in [-0.1, -0.05) is 39.0 Å². The van der Waals surface area contributed by atoms with Gasteiger partial charge >= 0.3 is 64.8 Å². The molecule has 0 aliphatic rings. The molecule has 0 amide bonds. The molecule has 0 saturated carbocycles. The van der Waals surface area contributed by atoms with E-state index in [2.05, 4.69) is 0 Å². The maximum Gasteiger partial charge on any atom is 1.00 e. The molecule has 3 rings (SSSR count). The first-order valence-electron chi connectivity index (χ1n) is 12.4. The van der Waals surface area contributed by atoms with Crippen molar-refractivity contribution in [2.24, 2.45) is 0 Å². The average Bonchev–Trinajstić information content (AvgIpc) is 2.98. The monoisotopic (exact) mass is 696 g/mol. The van der Waals surface area contributed by atoms with E-state index in [1.807, 2.05) is 6.92 Å². The van der Waals surface area contributed by atoms with Gasteiger partial charge in [-0.3, -0.25) is 0 Å².